The first-order valence-corrected chi connectivity index (χ1v) is 6.05. The van der Waals surface area contributed by atoms with Crippen LogP contribution < -0.4 is 15.4 Å². The molecule has 2 rings (SSSR count). The van der Waals surface area contributed by atoms with E-state index in [1.54, 1.807) is 18.2 Å². The quantitative estimate of drug-likeness (QED) is 0.714. The van der Waals surface area contributed by atoms with Crippen LogP contribution >= 0.6 is 0 Å². The van der Waals surface area contributed by atoms with E-state index < -0.39 is 5.97 Å². The maximum absolute atomic E-state index is 11.6. The summed E-state index contributed by atoms with van der Waals surface area (Å²) in [5.41, 5.74) is 0.659. The highest BCUT2D eigenvalue weighted by Crippen LogP contribution is 2.26. The average molecular weight is 289 g/mol. The first-order chi connectivity index (χ1) is 9.97. The Morgan fingerprint density at radius 3 is 2.67 bits per heavy atom. The van der Waals surface area contributed by atoms with Gasteiger partial charge in [-0.15, -0.1) is 0 Å². The van der Waals surface area contributed by atoms with Crippen LogP contribution in [0.15, 0.2) is 18.2 Å². The standard InChI is InChI=1S/C15H15NO5/c1-8-13(15(19)21-3)14(18)10(16-8)6-9-4-5-11(17)12(7-9)20-2/h4-7,16-18H,1H2,2-3H3/b10-6+. The van der Waals surface area contributed by atoms with Gasteiger partial charge in [-0.3, -0.25) is 0 Å². The number of esters is 1. The van der Waals surface area contributed by atoms with Crippen LogP contribution in [0.4, 0.5) is 0 Å². The predicted molar refractivity (Wildman–Crippen MR) is 76.8 cm³/mol. The Balaban J connectivity index is 2.57. The normalized spacial score (nSPS) is 11.4. The fourth-order valence-corrected chi connectivity index (χ4v) is 1.94. The minimum absolute atomic E-state index is 0.00510. The lowest BCUT2D eigenvalue weighted by atomic mass is 10.2. The van der Waals surface area contributed by atoms with E-state index in [0.29, 0.717) is 16.7 Å². The SMILES string of the molecule is C=c1[nH]/c(=C/c2ccc(O)c(OC)c2)c(O)c1C(=O)OC. The van der Waals surface area contributed by atoms with Crippen LogP contribution in [-0.4, -0.2) is 35.4 Å². The smallest absolute Gasteiger partial charge is 0.343 e. The lowest BCUT2D eigenvalue weighted by molar-refractivity contribution is 0.0596. The van der Waals surface area contributed by atoms with E-state index in [1.165, 1.54) is 20.3 Å². The highest BCUT2D eigenvalue weighted by atomic mass is 16.5. The molecule has 110 valence electrons. The van der Waals surface area contributed by atoms with E-state index in [4.69, 9.17) is 4.74 Å². The average Bonchev–Trinajstić information content (AvgIpc) is 2.74. The van der Waals surface area contributed by atoms with E-state index in [2.05, 4.69) is 16.3 Å². The van der Waals surface area contributed by atoms with Crippen molar-refractivity contribution in [2.24, 2.45) is 0 Å². The maximum Gasteiger partial charge on any atom is 0.343 e. The van der Waals surface area contributed by atoms with Crippen LogP contribution in [0.2, 0.25) is 0 Å². The fraction of sp³-hybridized carbons (Fsp3) is 0.133. The third kappa shape index (κ3) is 2.69. The first-order valence-electron chi connectivity index (χ1n) is 6.05. The summed E-state index contributed by atoms with van der Waals surface area (Å²) in [6.45, 7) is 3.66. The Labute approximate surface area is 120 Å². The molecule has 0 saturated heterocycles. The number of aromatic amines is 1. The molecule has 0 fully saturated rings. The Morgan fingerprint density at radius 1 is 1.33 bits per heavy atom. The molecule has 0 amide bonds. The Hall–Kier alpha value is -2.89. The summed E-state index contributed by atoms with van der Waals surface area (Å²) in [4.78, 5) is 14.4. The summed E-state index contributed by atoms with van der Waals surface area (Å²) in [6, 6.07) is 4.70. The highest BCUT2D eigenvalue weighted by Gasteiger charge is 2.16. The van der Waals surface area contributed by atoms with Gasteiger partial charge in [0.15, 0.2) is 17.2 Å². The van der Waals surface area contributed by atoms with Crippen molar-refractivity contribution in [3.05, 3.63) is 40.0 Å². The van der Waals surface area contributed by atoms with Crippen LogP contribution in [0.3, 0.4) is 0 Å². The van der Waals surface area contributed by atoms with Gasteiger partial charge >= 0.3 is 5.97 Å². The van der Waals surface area contributed by atoms with Crippen molar-refractivity contribution in [1.82, 2.24) is 4.98 Å². The zero-order valence-corrected chi connectivity index (χ0v) is 11.6. The molecule has 0 aliphatic heterocycles. The minimum atomic E-state index is -0.670. The lowest BCUT2D eigenvalue weighted by Crippen LogP contribution is -2.14. The number of H-pyrrole nitrogens is 1. The summed E-state index contributed by atoms with van der Waals surface area (Å²) >= 11 is 0. The number of phenols is 1. The van der Waals surface area contributed by atoms with Gasteiger partial charge < -0.3 is 24.7 Å². The van der Waals surface area contributed by atoms with Crippen molar-refractivity contribution in [2.75, 3.05) is 14.2 Å². The minimum Gasteiger partial charge on any atom is -0.505 e. The second kappa shape index (κ2) is 5.62. The van der Waals surface area contributed by atoms with Crippen LogP contribution in [0.5, 0.6) is 17.2 Å². The number of rotatable bonds is 3. The molecule has 2 aromatic rings. The number of phenolic OH excluding ortho intramolecular Hbond substituents is 1. The number of ether oxygens (including phenoxy) is 2. The van der Waals surface area contributed by atoms with Crippen molar-refractivity contribution in [2.45, 2.75) is 0 Å². The van der Waals surface area contributed by atoms with Crippen LogP contribution in [0.25, 0.3) is 12.7 Å². The van der Waals surface area contributed by atoms with Gasteiger partial charge in [0.05, 0.1) is 19.6 Å². The van der Waals surface area contributed by atoms with Crippen LogP contribution in [0.1, 0.15) is 15.9 Å². The summed E-state index contributed by atoms with van der Waals surface area (Å²) in [5, 5.41) is 20.2. The molecule has 0 spiro atoms. The van der Waals surface area contributed by atoms with Crippen LogP contribution in [-0.2, 0) is 4.74 Å². The van der Waals surface area contributed by atoms with E-state index in [1.807, 2.05) is 0 Å². The van der Waals surface area contributed by atoms with Gasteiger partial charge in [-0.05, 0) is 23.8 Å². The second-order valence-electron chi connectivity index (χ2n) is 4.31. The molecule has 1 aromatic carbocycles. The van der Waals surface area contributed by atoms with E-state index in [-0.39, 0.29) is 22.4 Å². The van der Waals surface area contributed by atoms with Gasteiger partial charge in [0.1, 0.15) is 5.56 Å². The van der Waals surface area contributed by atoms with Crippen molar-refractivity contribution in [1.29, 1.82) is 0 Å². The zero-order valence-electron chi connectivity index (χ0n) is 11.6. The topological polar surface area (TPSA) is 91.8 Å². The molecule has 6 heteroatoms. The van der Waals surface area contributed by atoms with Crippen LogP contribution in [0, 0.1) is 0 Å². The highest BCUT2D eigenvalue weighted by molar-refractivity contribution is 5.92. The summed E-state index contributed by atoms with van der Waals surface area (Å²) in [7, 11) is 2.66. The van der Waals surface area contributed by atoms with E-state index in [9.17, 15) is 15.0 Å². The summed E-state index contributed by atoms with van der Waals surface area (Å²) in [5.74, 6) is -0.591. The molecule has 0 unspecified atom stereocenters. The van der Waals surface area contributed by atoms with Crippen molar-refractivity contribution in [3.63, 3.8) is 0 Å². The van der Waals surface area contributed by atoms with Gasteiger partial charge in [0, 0.05) is 5.35 Å². The van der Waals surface area contributed by atoms with Crippen molar-refractivity contribution < 1.29 is 24.5 Å². The molecule has 3 N–H and O–H groups in total. The molecule has 0 atom stereocenters. The number of methoxy groups -OCH3 is 2. The molecule has 0 saturated carbocycles. The summed E-state index contributed by atoms with van der Waals surface area (Å²) in [6.07, 6.45) is 1.60. The third-order valence-corrected chi connectivity index (χ3v) is 2.98. The van der Waals surface area contributed by atoms with Crippen molar-refractivity contribution >= 4 is 18.6 Å². The van der Waals surface area contributed by atoms with E-state index >= 15 is 0 Å². The fourth-order valence-electron chi connectivity index (χ4n) is 1.94. The number of carbonyl (C=O) groups is 1. The van der Waals surface area contributed by atoms with Gasteiger partial charge in [-0.2, -0.15) is 0 Å². The molecular formula is C15H15NO5. The molecule has 6 nitrogen and oxygen atoms in total. The molecule has 21 heavy (non-hydrogen) atoms. The molecule has 0 radical (unpaired) electrons. The lowest BCUT2D eigenvalue weighted by Gasteiger charge is -2.03. The molecule has 0 bridgehead atoms. The Bertz CT molecular complexity index is 791. The maximum atomic E-state index is 11.6. The summed E-state index contributed by atoms with van der Waals surface area (Å²) < 4.78 is 9.60. The number of aromatic hydroxyl groups is 2. The molecule has 1 aromatic heterocycles. The van der Waals surface area contributed by atoms with Gasteiger partial charge in [-0.25, -0.2) is 4.79 Å². The van der Waals surface area contributed by atoms with Gasteiger partial charge in [-0.1, -0.05) is 12.6 Å². The number of benzene rings is 1. The third-order valence-electron chi connectivity index (χ3n) is 2.98. The van der Waals surface area contributed by atoms with Gasteiger partial charge in [0.25, 0.3) is 0 Å². The Morgan fingerprint density at radius 2 is 2.05 bits per heavy atom. The number of nitrogens with one attached hydrogen (secondary N) is 1. The number of carbonyl (C=O) groups excluding carboxylic acids is 1. The monoisotopic (exact) mass is 289 g/mol. The predicted octanol–water partition coefficient (Wildman–Crippen LogP) is 0.460. The van der Waals surface area contributed by atoms with Gasteiger partial charge in [0.2, 0.25) is 0 Å². The molecule has 0 aliphatic carbocycles. The second-order valence-corrected chi connectivity index (χ2v) is 4.31. The molecule has 0 aliphatic rings. The number of hydrogen-bond donors (Lipinski definition) is 3. The zero-order chi connectivity index (χ0) is 15.6. The molecule has 1 heterocycles. The first kappa shape index (κ1) is 14.5. The van der Waals surface area contributed by atoms with E-state index in [0.717, 1.165) is 0 Å². The van der Waals surface area contributed by atoms with Crippen molar-refractivity contribution in [3.8, 4) is 17.2 Å². The largest absolute Gasteiger partial charge is 0.505 e. The number of aromatic nitrogens is 1. The molecular weight excluding hydrogens is 274 g/mol. The Kier molecular flexibility index (Phi) is 3.89. The number of hydrogen-bond acceptors (Lipinski definition) is 5.